The van der Waals surface area contributed by atoms with E-state index in [1.165, 1.54) is 18.4 Å². The lowest BCUT2D eigenvalue weighted by atomic mass is 9.85. The normalized spacial score (nSPS) is 23.5. The average molecular weight is 336 g/mol. The standard InChI is InChI=1S/C17H24N2O3S/c20-16(4-3-13-5-6-23-11-13)18-14-7-15(8-14)19(10-17(21)22)9-12-1-2-12/h5-6,11-12,14-15H,1-4,7-10H2,(H,18,20)(H,21,22). The number of aliphatic carboxylic acids is 1. The third-order valence-electron chi connectivity index (χ3n) is 4.74. The van der Waals surface area contributed by atoms with Gasteiger partial charge in [0, 0.05) is 25.0 Å². The van der Waals surface area contributed by atoms with Gasteiger partial charge in [0.05, 0.1) is 6.54 Å². The van der Waals surface area contributed by atoms with E-state index in [0.29, 0.717) is 18.4 Å². The van der Waals surface area contributed by atoms with Crippen LogP contribution in [0.1, 0.15) is 37.7 Å². The molecule has 0 atom stereocenters. The number of carbonyl (C=O) groups excluding carboxylic acids is 1. The van der Waals surface area contributed by atoms with E-state index in [1.807, 2.05) is 5.38 Å². The predicted molar refractivity (Wildman–Crippen MR) is 89.5 cm³/mol. The van der Waals surface area contributed by atoms with E-state index in [0.717, 1.165) is 25.8 Å². The minimum absolute atomic E-state index is 0.103. The summed E-state index contributed by atoms with van der Waals surface area (Å²) >= 11 is 1.65. The number of aryl methyl sites for hydroxylation is 1. The highest BCUT2D eigenvalue weighted by molar-refractivity contribution is 7.07. The molecule has 2 aliphatic carbocycles. The quantitative estimate of drug-likeness (QED) is 0.725. The molecule has 2 fully saturated rings. The zero-order valence-electron chi connectivity index (χ0n) is 13.2. The summed E-state index contributed by atoms with van der Waals surface area (Å²) in [6, 6.07) is 2.58. The lowest BCUT2D eigenvalue weighted by Crippen LogP contribution is -2.55. The van der Waals surface area contributed by atoms with E-state index in [2.05, 4.69) is 21.7 Å². The van der Waals surface area contributed by atoms with Crippen LogP contribution in [0.2, 0.25) is 0 Å². The van der Waals surface area contributed by atoms with Gasteiger partial charge in [-0.3, -0.25) is 14.5 Å². The molecule has 0 aliphatic heterocycles. The second-order valence-electron chi connectivity index (χ2n) is 6.79. The Labute approximate surface area is 140 Å². The van der Waals surface area contributed by atoms with Crippen LogP contribution in [0.15, 0.2) is 16.8 Å². The summed E-state index contributed by atoms with van der Waals surface area (Å²) in [5, 5.41) is 16.2. The van der Waals surface area contributed by atoms with Crippen molar-refractivity contribution in [1.29, 1.82) is 0 Å². The molecule has 23 heavy (non-hydrogen) atoms. The summed E-state index contributed by atoms with van der Waals surface area (Å²) in [5.74, 6) is 0.0362. The second kappa shape index (κ2) is 7.45. The van der Waals surface area contributed by atoms with Crippen LogP contribution in [0.3, 0.4) is 0 Å². The summed E-state index contributed by atoms with van der Waals surface area (Å²) in [6.07, 6.45) is 5.53. The number of hydrogen-bond acceptors (Lipinski definition) is 4. The molecule has 0 spiro atoms. The molecule has 6 heteroatoms. The van der Waals surface area contributed by atoms with E-state index < -0.39 is 5.97 Å². The highest BCUT2D eigenvalue weighted by atomic mass is 32.1. The number of rotatable bonds is 9. The molecular weight excluding hydrogens is 312 g/mol. The Morgan fingerprint density at radius 1 is 1.35 bits per heavy atom. The molecule has 1 aromatic rings. The minimum Gasteiger partial charge on any atom is -0.480 e. The molecule has 0 saturated heterocycles. The van der Waals surface area contributed by atoms with Crippen molar-refractivity contribution in [3.05, 3.63) is 22.4 Å². The fourth-order valence-corrected chi connectivity index (χ4v) is 3.85. The third kappa shape index (κ3) is 5.04. The first-order valence-electron chi connectivity index (χ1n) is 8.36. The van der Waals surface area contributed by atoms with Crippen LogP contribution in [0.4, 0.5) is 0 Å². The Bertz CT molecular complexity index is 536. The summed E-state index contributed by atoms with van der Waals surface area (Å²) in [6.45, 7) is 1.02. The first-order valence-corrected chi connectivity index (χ1v) is 9.30. The Morgan fingerprint density at radius 3 is 2.74 bits per heavy atom. The lowest BCUT2D eigenvalue weighted by Gasteiger charge is -2.42. The van der Waals surface area contributed by atoms with Crippen LogP contribution in [0, 0.1) is 5.92 Å². The molecule has 2 aliphatic rings. The minimum atomic E-state index is -0.756. The van der Waals surface area contributed by atoms with Crippen molar-refractivity contribution < 1.29 is 14.7 Å². The SMILES string of the molecule is O=C(O)CN(CC1CC1)C1CC(NC(=O)CCc2ccsc2)C1. The van der Waals surface area contributed by atoms with E-state index in [1.54, 1.807) is 11.3 Å². The third-order valence-corrected chi connectivity index (χ3v) is 5.48. The number of carboxylic acids is 1. The van der Waals surface area contributed by atoms with Gasteiger partial charge in [-0.25, -0.2) is 0 Å². The number of thiophene rings is 1. The van der Waals surface area contributed by atoms with Gasteiger partial charge in [-0.1, -0.05) is 0 Å². The Kier molecular flexibility index (Phi) is 5.33. The first kappa shape index (κ1) is 16.5. The van der Waals surface area contributed by atoms with E-state index >= 15 is 0 Å². The van der Waals surface area contributed by atoms with Gasteiger partial charge in [-0.15, -0.1) is 0 Å². The summed E-state index contributed by atoms with van der Waals surface area (Å²) < 4.78 is 0. The molecule has 3 rings (SSSR count). The summed E-state index contributed by atoms with van der Waals surface area (Å²) in [7, 11) is 0. The predicted octanol–water partition coefficient (Wildman–Crippen LogP) is 2.12. The molecule has 0 unspecified atom stereocenters. The lowest BCUT2D eigenvalue weighted by molar-refractivity contribution is -0.140. The van der Waals surface area contributed by atoms with Crippen LogP contribution in [-0.2, 0) is 16.0 Å². The van der Waals surface area contributed by atoms with Crippen LogP contribution < -0.4 is 5.32 Å². The molecule has 0 aromatic carbocycles. The maximum atomic E-state index is 12.0. The fraction of sp³-hybridized carbons (Fsp3) is 0.647. The fourth-order valence-electron chi connectivity index (χ4n) is 3.14. The van der Waals surface area contributed by atoms with Gasteiger partial charge in [-0.2, -0.15) is 11.3 Å². The van der Waals surface area contributed by atoms with Crippen molar-refractivity contribution in [1.82, 2.24) is 10.2 Å². The van der Waals surface area contributed by atoms with Gasteiger partial charge >= 0.3 is 5.97 Å². The second-order valence-corrected chi connectivity index (χ2v) is 7.57. The summed E-state index contributed by atoms with van der Waals surface area (Å²) in [4.78, 5) is 25.1. The molecule has 126 valence electrons. The van der Waals surface area contributed by atoms with Crippen molar-refractivity contribution in [2.75, 3.05) is 13.1 Å². The van der Waals surface area contributed by atoms with Crippen molar-refractivity contribution >= 4 is 23.2 Å². The number of nitrogens with one attached hydrogen (secondary N) is 1. The monoisotopic (exact) mass is 336 g/mol. The Morgan fingerprint density at radius 2 is 2.13 bits per heavy atom. The van der Waals surface area contributed by atoms with Gasteiger partial charge < -0.3 is 10.4 Å². The van der Waals surface area contributed by atoms with Crippen LogP contribution >= 0.6 is 11.3 Å². The first-order chi connectivity index (χ1) is 11.1. The van der Waals surface area contributed by atoms with Gasteiger partial charge in [-0.05, 0) is 60.4 Å². The number of hydrogen-bond donors (Lipinski definition) is 2. The van der Waals surface area contributed by atoms with E-state index in [-0.39, 0.29) is 18.5 Å². The molecule has 0 radical (unpaired) electrons. The Balaban J connectivity index is 1.37. The van der Waals surface area contributed by atoms with E-state index in [9.17, 15) is 9.59 Å². The molecule has 1 amide bonds. The zero-order valence-corrected chi connectivity index (χ0v) is 14.1. The Hall–Kier alpha value is -1.40. The highest BCUT2D eigenvalue weighted by Crippen LogP contribution is 2.33. The zero-order chi connectivity index (χ0) is 16.2. The maximum absolute atomic E-state index is 12.0. The largest absolute Gasteiger partial charge is 0.480 e. The number of carboxylic acid groups (broad SMARTS) is 1. The molecule has 0 bridgehead atoms. The molecular formula is C17H24N2O3S. The van der Waals surface area contributed by atoms with Gasteiger partial charge in [0.15, 0.2) is 0 Å². The van der Waals surface area contributed by atoms with Gasteiger partial charge in [0.1, 0.15) is 0 Å². The van der Waals surface area contributed by atoms with Crippen LogP contribution in [0.5, 0.6) is 0 Å². The highest BCUT2D eigenvalue weighted by Gasteiger charge is 2.37. The van der Waals surface area contributed by atoms with Gasteiger partial charge in [0.2, 0.25) is 5.91 Å². The molecule has 1 aromatic heterocycles. The molecule has 5 nitrogen and oxygen atoms in total. The van der Waals surface area contributed by atoms with Crippen LogP contribution in [0.25, 0.3) is 0 Å². The number of nitrogens with zero attached hydrogens (tertiary/aromatic N) is 1. The van der Waals surface area contributed by atoms with Crippen molar-refractivity contribution in [2.45, 2.75) is 50.6 Å². The van der Waals surface area contributed by atoms with Crippen molar-refractivity contribution in [3.8, 4) is 0 Å². The number of amides is 1. The van der Waals surface area contributed by atoms with Crippen molar-refractivity contribution in [2.24, 2.45) is 5.92 Å². The van der Waals surface area contributed by atoms with E-state index in [4.69, 9.17) is 5.11 Å². The van der Waals surface area contributed by atoms with Crippen molar-refractivity contribution in [3.63, 3.8) is 0 Å². The molecule has 1 heterocycles. The maximum Gasteiger partial charge on any atom is 0.317 e. The average Bonchev–Trinajstić information content (AvgIpc) is 3.11. The smallest absolute Gasteiger partial charge is 0.317 e. The summed E-state index contributed by atoms with van der Waals surface area (Å²) in [5.41, 5.74) is 1.22. The molecule has 2 saturated carbocycles. The topological polar surface area (TPSA) is 69.6 Å². The van der Waals surface area contributed by atoms with Gasteiger partial charge in [0.25, 0.3) is 0 Å². The van der Waals surface area contributed by atoms with Crippen LogP contribution in [-0.4, -0.2) is 47.1 Å². The number of carbonyl (C=O) groups is 2. The molecule has 2 N–H and O–H groups in total.